The molecule has 4 heteroatoms. The number of piperidine rings is 1. The van der Waals surface area contributed by atoms with Gasteiger partial charge >= 0.3 is 0 Å². The number of aryl methyl sites for hydroxylation is 1. The SMILES string of the molecule is Cc1cc(CN)nc(N2CCCC(C)(C)C2)n1. The Bertz CT molecular complexity index is 400. The predicted molar refractivity (Wildman–Crippen MR) is 69.9 cm³/mol. The quantitative estimate of drug-likeness (QED) is 0.848. The van der Waals surface area contributed by atoms with Gasteiger partial charge in [0.25, 0.3) is 0 Å². The minimum atomic E-state index is 0.355. The van der Waals surface area contributed by atoms with Crippen LogP contribution in [0.25, 0.3) is 0 Å². The summed E-state index contributed by atoms with van der Waals surface area (Å²) in [5.74, 6) is 0.846. The number of hydrogen-bond acceptors (Lipinski definition) is 4. The lowest BCUT2D eigenvalue weighted by molar-refractivity contribution is 0.290. The van der Waals surface area contributed by atoms with Gasteiger partial charge in [-0.15, -0.1) is 0 Å². The molecule has 94 valence electrons. The molecule has 0 atom stereocenters. The van der Waals surface area contributed by atoms with Crippen LogP contribution < -0.4 is 10.6 Å². The van der Waals surface area contributed by atoms with E-state index in [-0.39, 0.29) is 0 Å². The van der Waals surface area contributed by atoms with E-state index in [2.05, 4.69) is 28.7 Å². The molecule has 1 aromatic heterocycles. The number of anilines is 1. The minimum Gasteiger partial charge on any atom is -0.340 e. The van der Waals surface area contributed by atoms with Crippen LogP contribution >= 0.6 is 0 Å². The van der Waals surface area contributed by atoms with Crippen molar-refractivity contribution in [3.05, 3.63) is 17.5 Å². The second-order valence-corrected chi connectivity index (χ2v) is 5.69. The molecular formula is C13H22N4. The van der Waals surface area contributed by atoms with Gasteiger partial charge in [0.15, 0.2) is 0 Å². The summed E-state index contributed by atoms with van der Waals surface area (Å²) in [5.41, 5.74) is 7.94. The molecule has 0 radical (unpaired) electrons. The molecule has 0 aromatic carbocycles. The van der Waals surface area contributed by atoms with Gasteiger partial charge in [-0.05, 0) is 31.2 Å². The predicted octanol–water partition coefficient (Wildman–Crippen LogP) is 1.87. The van der Waals surface area contributed by atoms with E-state index >= 15 is 0 Å². The molecule has 0 bridgehead atoms. The molecule has 0 aliphatic carbocycles. The van der Waals surface area contributed by atoms with Crippen LogP contribution in [0.2, 0.25) is 0 Å². The van der Waals surface area contributed by atoms with Gasteiger partial charge in [-0.1, -0.05) is 13.8 Å². The number of hydrogen-bond donors (Lipinski definition) is 1. The van der Waals surface area contributed by atoms with E-state index in [1.54, 1.807) is 0 Å². The lowest BCUT2D eigenvalue weighted by Gasteiger charge is -2.38. The smallest absolute Gasteiger partial charge is 0.225 e. The summed E-state index contributed by atoms with van der Waals surface area (Å²) in [6.45, 7) is 9.17. The maximum atomic E-state index is 5.66. The normalized spacial score (nSPS) is 19.4. The maximum absolute atomic E-state index is 5.66. The third-order valence-corrected chi connectivity index (χ3v) is 3.29. The van der Waals surface area contributed by atoms with E-state index in [0.29, 0.717) is 12.0 Å². The van der Waals surface area contributed by atoms with Gasteiger partial charge in [-0.3, -0.25) is 0 Å². The summed E-state index contributed by atoms with van der Waals surface area (Å²) in [4.78, 5) is 11.3. The molecule has 1 aliphatic heterocycles. The molecule has 1 aliphatic rings. The Morgan fingerprint density at radius 2 is 2.18 bits per heavy atom. The summed E-state index contributed by atoms with van der Waals surface area (Å²) in [6, 6.07) is 1.96. The molecule has 1 aromatic rings. The van der Waals surface area contributed by atoms with Crippen molar-refractivity contribution in [2.45, 2.75) is 40.2 Å². The van der Waals surface area contributed by atoms with Crippen LogP contribution in [0.3, 0.4) is 0 Å². The van der Waals surface area contributed by atoms with Gasteiger partial charge < -0.3 is 10.6 Å². The van der Waals surface area contributed by atoms with E-state index in [1.807, 2.05) is 13.0 Å². The fourth-order valence-electron chi connectivity index (χ4n) is 2.46. The van der Waals surface area contributed by atoms with E-state index in [9.17, 15) is 0 Å². The van der Waals surface area contributed by atoms with Crippen molar-refractivity contribution in [1.82, 2.24) is 9.97 Å². The van der Waals surface area contributed by atoms with Crippen LogP contribution in [-0.4, -0.2) is 23.1 Å². The first kappa shape index (κ1) is 12.3. The monoisotopic (exact) mass is 234 g/mol. The number of nitrogens with two attached hydrogens (primary N) is 1. The summed E-state index contributed by atoms with van der Waals surface area (Å²) >= 11 is 0. The van der Waals surface area contributed by atoms with Crippen molar-refractivity contribution in [3.8, 4) is 0 Å². The second-order valence-electron chi connectivity index (χ2n) is 5.69. The topological polar surface area (TPSA) is 55.0 Å². The van der Waals surface area contributed by atoms with Gasteiger partial charge in [-0.25, -0.2) is 9.97 Å². The molecule has 2 heterocycles. The summed E-state index contributed by atoms with van der Waals surface area (Å²) in [7, 11) is 0. The Labute approximate surface area is 103 Å². The lowest BCUT2D eigenvalue weighted by atomic mass is 9.84. The van der Waals surface area contributed by atoms with Gasteiger partial charge in [-0.2, -0.15) is 0 Å². The average molecular weight is 234 g/mol. The highest BCUT2D eigenvalue weighted by atomic mass is 15.3. The molecule has 0 unspecified atom stereocenters. The molecule has 2 rings (SSSR count). The Kier molecular flexibility index (Phi) is 3.33. The molecule has 4 nitrogen and oxygen atoms in total. The summed E-state index contributed by atoms with van der Waals surface area (Å²) in [5, 5.41) is 0. The molecule has 17 heavy (non-hydrogen) atoms. The van der Waals surface area contributed by atoms with Crippen molar-refractivity contribution in [2.24, 2.45) is 11.1 Å². The van der Waals surface area contributed by atoms with Crippen LogP contribution in [0.1, 0.15) is 38.1 Å². The fraction of sp³-hybridized carbons (Fsp3) is 0.692. The van der Waals surface area contributed by atoms with E-state index < -0.39 is 0 Å². The number of nitrogens with zero attached hydrogens (tertiary/aromatic N) is 3. The van der Waals surface area contributed by atoms with Crippen molar-refractivity contribution in [1.29, 1.82) is 0 Å². The average Bonchev–Trinajstić information content (AvgIpc) is 2.27. The fourth-order valence-corrected chi connectivity index (χ4v) is 2.46. The third kappa shape index (κ3) is 2.94. The minimum absolute atomic E-state index is 0.355. The first-order chi connectivity index (χ1) is 8.00. The van der Waals surface area contributed by atoms with Crippen LogP contribution in [0.15, 0.2) is 6.07 Å². The van der Waals surface area contributed by atoms with Gasteiger partial charge in [0.1, 0.15) is 0 Å². The summed E-state index contributed by atoms with van der Waals surface area (Å²) in [6.07, 6.45) is 2.49. The molecule has 0 spiro atoms. The largest absolute Gasteiger partial charge is 0.340 e. The standard InChI is InChI=1S/C13H22N4/c1-10-7-11(8-14)16-12(15-10)17-6-4-5-13(2,3)9-17/h7H,4-6,8-9,14H2,1-3H3. The van der Waals surface area contributed by atoms with Gasteiger partial charge in [0.05, 0.1) is 5.69 Å². The zero-order chi connectivity index (χ0) is 12.5. The van der Waals surface area contributed by atoms with Crippen molar-refractivity contribution in [2.75, 3.05) is 18.0 Å². The molecule has 1 saturated heterocycles. The Morgan fingerprint density at radius 3 is 2.82 bits per heavy atom. The highest BCUT2D eigenvalue weighted by Gasteiger charge is 2.27. The van der Waals surface area contributed by atoms with Crippen LogP contribution in [0, 0.1) is 12.3 Å². The van der Waals surface area contributed by atoms with E-state index in [1.165, 1.54) is 12.8 Å². The van der Waals surface area contributed by atoms with Crippen LogP contribution in [-0.2, 0) is 6.54 Å². The van der Waals surface area contributed by atoms with E-state index in [4.69, 9.17) is 5.73 Å². The van der Waals surface area contributed by atoms with Crippen molar-refractivity contribution in [3.63, 3.8) is 0 Å². The van der Waals surface area contributed by atoms with Crippen LogP contribution in [0.5, 0.6) is 0 Å². The Morgan fingerprint density at radius 1 is 1.41 bits per heavy atom. The molecule has 1 fully saturated rings. The number of aromatic nitrogens is 2. The molecule has 0 amide bonds. The third-order valence-electron chi connectivity index (χ3n) is 3.29. The van der Waals surface area contributed by atoms with E-state index in [0.717, 1.165) is 30.4 Å². The molecular weight excluding hydrogens is 212 g/mol. The number of rotatable bonds is 2. The molecule has 0 saturated carbocycles. The highest BCUT2D eigenvalue weighted by molar-refractivity contribution is 5.33. The van der Waals surface area contributed by atoms with Crippen molar-refractivity contribution < 1.29 is 0 Å². The van der Waals surface area contributed by atoms with Gasteiger partial charge in [0, 0.05) is 25.3 Å². The lowest BCUT2D eigenvalue weighted by Crippen LogP contribution is -2.41. The Balaban J connectivity index is 2.24. The summed E-state index contributed by atoms with van der Waals surface area (Å²) < 4.78 is 0. The highest BCUT2D eigenvalue weighted by Crippen LogP contribution is 2.30. The molecule has 2 N–H and O–H groups in total. The first-order valence-electron chi connectivity index (χ1n) is 6.30. The maximum Gasteiger partial charge on any atom is 0.225 e. The Hall–Kier alpha value is -1.16. The van der Waals surface area contributed by atoms with Crippen molar-refractivity contribution >= 4 is 5.95 Å². The first-order valence-corrected chi connectivity index (χ1v) is 6.30. The second kappa shape index (κ2) is 4.61. The zero-order valence-corrected chi connectivity index (χ0v) is 11.0. The van der Waals surface area contributed by atoms with Crippen LogP contribution in [0.4, 0.5) is 5.95 Å². The zero-order valence-electron chi connectivity index (χ0n) is 11.0. The van der Waals surface area contributed by atoms with Gasteiger partial charge in [0.2, 0.25) is 5.95 Å².